The van der Waals surface area contributed by atoms with Crippen LogP contribution in [0, 0.1) is 5.92 Å². The number of nitrogens with zero attached hydrogens (tertiary/aromatic N) is 3. The SMILES string of the molecule is CCn1nnc2cc(C(=O)N[C@H](C)c3ccc(CC(C)C)cc3)ccc21. The van der Waals surface area contributed by atoms with Crippen LogP contribution in [0.15, 0.2) is 42.5 Å². The first-order valence-corrected chi connectivity index (χ1v) is 9.21. The van der Waals surface area contributed by atoms with E-state index < -0.39 is 0 Å². The molecule has 1 aromatic heterocycles. The summed E-state index contributed by atoms with van der Waals surface area (Å²) >= 11 is 0. The number of carbonyl (C=O) groups is 1. The molecule has 5 nitrogen and oxygen atoms in total. The zero-order chi connectivity index (χ0) is 18.7. The smallest absolute Gasteiger partial charge is 0.251 e. The third-order valence-corrected chi connectivity index (χ3v) is 4.55. The van der Waals surface area contributed by atoms with Crippen molar-refractivity contribution < 1.29 is 4.79 Å². The zero-order valence-electron chi connectivity index (χ0n) is 15.9. The van der Waals surface area contributed by atoms with Crippen molar-refractivity contribution in [1.82, 2.24) is 20.3 Å². The van der Waals surface area contributed by atoms with Crippen LogP contribution in [0.1, 0.15) is 55.2 Å². The molecule has 1 heterocycles. The van der Waals surface area contributed by atoms with Crippen molar-refractivity contribution in [2.24, 2.45) is 5.92 Å². The molecule has 0 aliphatic heterocycles. The van der Waals surface area contributed by atoms with Crippen LogP contribution in [0.3, 0.4) is 0 Å². The van der Waals surface area contributed by atoms with Gasteiger partial charge in [-0.05, 0) is 55.5 Å². The number of hydrogen-bond donors (Lipinski definition) is 1. The molecule has 0 aliphatic rings. The summed E-state index contributed by atoms with van der Waals surface area (Å²) < 4.78 is 1.82. The first-order valence-electron chi connectivity index (χ1n) is 9.21. The fourth-order valence-corrected chi connectivity index (χ4v) is 3.12. The summed E-state index contributed by atoms with van der Waals surface area (Å²) in [6, 6.07) is 13.9. The summed E-state index contributed by atoms with van der Waals surface area (Å²) in [7, 11) is 0. The van der Waals surface area contributed by atoms with E-state index in [0.29, 0.717) is 11.5 Å². The molecule has 0 saturated carbocycles. The standard InChI is InChI=1S/C21H26N4O/c1-5-25-20-11-10-18(13-19(20)23-24-25)21(26)22-15(4)17-8-6-16(7-9-17)12-14(2)3/h6-11,13-15H,5,12H2,1-4H3,(H,22,26)/t15-/m1/s1. The second-order valence-electron chi connectivity index (χ2n) is 7.14. The molecule has 0 aliphatic carbocycles. The minimum Gasteiger partial charge on any atom is -0.346 e. The zero-order valence-corrected chi connectivity index (χ0v) is 15.9. The van der Waals surface area contributed by atoms with Crippen molar-refractivity contribution >= 4 is 16.9 Å². The Hall–Kier alpha value is -2.69. The highest BCUT2D eigenvalue weighted by molar-refractivity contribution is 5.97. The maximum absolute atomic E-state index is 12.6. The molecule has 0 spiro atoms. The van der Waals surface area contributed by atoms with Gasteiger partial charge in [-0.2, -0.15) is 0 Å². The van der Waals surface area contributed by atoms with Gasteiger partial charge in [0.1, 0.15) is 5.52 Å². The van der Waals surface area contributed by atoms with Gasteiger partial charge in [0.25, 0.3) is 5.91 Å². The number of nitrogens with one attached hydrogen (secondary N) is 1. The lowest BCUT2D eigenvalue weighted by molar-refractivity contribution is 0.0940. The largest absolute Gasteiger partial charge is 0.346 e. The highest BCUT2D eigenvalue weighted by Crippen LogP contribution is 2.18. The molecule has 3 aromatic rings. The van der Waals surface area contributed by atoms with E-state index in [1.165, 1.54) is 5.56 Å². The molecule has 0 fully saturated rings. The van der Waals surface area contributed by atoms with Gasteiger partial charge in [-0.15, -0.1) is 5.10 Å². The molecule has 0 saturated heterocycles. The first-order chi connectivity index (χ1) is 12.5. The monoisotopic (exact) mass is 350 g/mol. The fourth-order valence-electron chi connectivity index (χ4n) is 3.12. The van der Waals surface area contributed by atoms with E-state index in [1.54, 1.807) is 6.07 Å². The van der Waals surface area contributed by atoms with Crippen molar-refractivity contribution in [2.45, 2.75) is 46.7 Å². The van der Waals surface area contributed by atoms with E-state index in [2.05, 4.69) is 53.7 Å². The number of carbonyl (C=O) groups excluding carboxylic acids is 1. The minimum absolute atomic E-state index is 0.0578. The number of rotatable bonds is 6. The predicted molar refractivity (Wildman–Crippen MR) is 104 cm³/mol. The van der Waals surface area contributed by atoms with E-state index in [1.807, 2.05) is 30.7 Å². The van der Waals surface area contributed by atoms with Crippen molar-refractivity contribution in [3.05, 3.63) is 59.2 Å². The first kappa shape index (κ1) is 18.1. The van der Waals surface area contributed by atoms with Crippen molar-refractivity contribution in [3.8, 4) is 0 Å². The van der Waals surface area contributed by atoms with Gasteiger partial charge in [-0.1, -0.05) is 43.3 Å². The van der Waals surface area contributed by atoms with Gasteiger partial charge in [-0.3, -0.25) is 4.79 Å². The molecule has 0 radical (unpaired) electrons. The minimum atomic E-state index is -0.100. The molecule has 0 unspecified atom stereocenters. The average molecular weight is 350 g/mol. The molecule has 136 valence electrons. The van der Waals surface area contributed by atoms with Crippen LogP contribution in [0.25, 0.3) is 11.0 Å². The predicted octanol–water partition coefficient (Wildman–Crippen LogP) is 4.14. The van der Waals surface area contributed by atoms with Gasteiger partial charge in [0.2, 0.25) is 0 Å². The van der Waals surface area contributed by atoms with Gasteiger partial charge >= 0.3 is 0 Å². The molecular formula is C21H26N4O. The van der Waals surface area contributed by atoms with Crippen molar-refractivity contribution in [3.63, 3.8) is 0 Å². The molecule has 26 heavy (non-hydrogen) atoms. The molecule has 2 aromatic carbocycles. The normalized spacial score (nSPS) is 12.5. The van der Waals surface area contributed by atoms with Gasteiger partial charge < -0.3 is 5.32 Å². The lowest BCUT2D eigenvalue weighted by Gasteiger charge is -2.15. The lowest BCUT2D eigenvalue weighted by atomic mass is 10.00. The van der Waals surface area contributed by atoms with E-state index in [-0.39, 0.29) is 11.9 Å². The number of fused-ring (bicyclic) bond motifs is 1. The Balaban J connectivity index is 1.70. The maximum Gasteiger partial charge on any atom is 0.251 e. The summed E-state index contributed by atoms with van der Waals surface area (Å²) in [5.41, 5.74) is 4.71. The second kappa shape index (κ2) is 7.68. The van der Waals surface area contributed by atoms with Crippen LogP contribution < -0.4 is 5.32 Å². The Morgan fingerprint density at radius 2 is 1.85 bits per heavy atom. The third-order valence-electron chi connectivity index (χ3n) is 4.55. The Bertz CT molecular complexity index is 896. The van der Waals surface area contributed by atoms with E-state index >= 15 is 0 Å². The van der Waals surface area contributed by atoms with Gasteiger partial charge in [-0.25, -0.2) is 4.68 Å². The van der Waals surface area contributed by atoms with Crippen LogP contribution in [0.4, 0.5) is 0 Å². The highest BCUT2D eigenvalue weighted by atomic mass is 16.1. The summed E-state index contributed by atoms with van der Waals surface area (Å²) in [5.74, 6) is 0.537. The van der Waals surface area contributed by atoms with E-state index in [9.17, 15) is 4.79 Å². The number of aryl methyl sites for hydroxylation is 1. The number of hydrogen-bond acceptors (Lipinski definition) is 3. The lowest BCUT2D eigenvalue weighted by Crippen LogP contribution is -2.26. The maximum atomic E-state index is 12.6. The van der Waals surface area contributed by atoms with Crippen molar-refractivity contribution in [2.75, 3.05) is 0 Å². The van der Waals surface area contributed by atoms with E-state index in [4.69, 9.17) is 0 Å². The fraction of sp³-hybridized carbons (Fsp3) is 0.381. The molecule has 1 atom stereocenters. The Morgan fingerprint density at radius 1 is 1.12 bits per heavy atom. The van der Waals surface area contributed by atoms with Crippen molar-refractivity contribution in [1.29, 1.82) is 0 Å². The van der Waals surface area contributed by atoms with Gasteiger partial charge in [0, 0.05) is 12.1 Å². The Labute approximate surface area is 154 Å². The summed E-state index contributed by atoms with van der Waals surface area (Å²) in [6.07, 6.45) is 1.07. The molecular weight excluding hydrogens is 324 g/mol. The number of benzene rings is 2. The third kappa shape index (κ3) is 3.93. The average Bonchev–Trinajstić information content (AvgIpc) is 3.04. The number of aromatic nitrogens is 3. The summed E-state index contributed by atoms with van der Waals surface area (Å²) in [6.45, 7) is 9.20. The van der Waals surface area contributed by atoms with E-state index in [0.717, 1.165) is 29.6 Å². The van der Waals surface area contributed by atoms with Crippen LogP contribution >= 0.6 is 0 Å². The number of amides is 1. The highest BCUT2D eigenvalue weighted by Gasteiger charge is 2.13. The second-order valence-corrected chi connectivity index (χ2v) is 7.14. The molecule has 1 amide bonds. The summed E-state index contributed by atoms with van der Waals surface area (Å²) in [5, 5.41) is 11.3. The van der Waals surface area contributed by atoms with Gasteiger partial charge in [0.05, 0.1) is 11.6 Å². The van der Waals surface area contributed by atoms with Crippen LogP contribution in [-0.4, -0.2) is 20.9 Å². The Kier molecular flexibility index (Phi) is 5.35. The summed E-state index contributed by atoms with van der Waals surface area (Å²) in [4.78, 5) is 12.6. The Morgan fingerprint density at radius 3 is 2.50 bits per heavy atom. The molecule has 3 rings (SSSR count). The van der Waals surface area contributed by atoms with Crippen LogP contribution in [0.5, 0.6) is 0 Å². The van der Waals surface area contributed by atoms with Gasteiger partial charge in [0.15, 0.2) is 0 Å². The molecule has 5 heteroatoms. The molecule has 0 bridgehead atoms. The quantitative estimate of drug-likeness (QED) is 0.727. The molecule has 1 N–H and O–H groups in total. The van der Waals surface area contributed by atoms with Crippen LogP contribution in [-0.2, 0) is 13.0 Å². The van der Waals surface area contributed by atoms with Crippen LogP contribution in [0.2, 0.25) is 0 Å². The topological polar surface area (TPSA) is 59.8 Å².